The molecule has 0 aliphatic heterocycles. The fourth-order valence-electron chi connectivity index (χ4n) is 1.43. The summed E-state index contributed by atoms with van der Waals surface area (Å²) in [6, 6.07) is 15.7. The van der Waals surface area contributed by atoms with E-state index >= 15 is 0 Å². The minimum absolute atomic E-state index is 0.647. The highest BCUT2D eigenvalue weighted by atomic mass is 14.6. The van der Waals surface area contributed by atoms with E-state index in [9.17, 15) is 0 Å². The van der Waals surface area contributed by atoms with Crippen LogP contribution in [0.25, 0.3) is 11.6 Å². The Labute approximate surface area is 94.5 Å². The van der Waals surface area contributed by atoms with Gasteiger partial charge in [-0.3, -0.25) is 4.98 Å². The first-order valence-electron chi connectivity index (χ1n) is 4.97. The van der Waals surface area contributed by atoms with Gasteiger partial charge in [-0.1, -0.05) is 30.3 Å². The van der Waals surface area contributed by atoms with E-state index in [4.69, 9.17) is 5.26 Å². The standard InChI is InChI=1S/C14H10N2/c15-11-14(13-6-8-16-9-7-13)10-12-4-2-1-3-5-12/h1-10H/b14-10-. The first-order chi connectivity index (χ1) is 7.90. The highest BCUT2D eigenvalue weighted by Crippen LogP contribution is 2.16. The largest absolute Gasteiger partial charge is 0.265 e. The molecule has 0 spiro atoms. The summed E-state index contributed by atoms with van der Waals surface area (Å²) in [6.07, 6.45) is 5.24. The van der Waals surface area contributed by atoms with Gasteiger partial charge >= 0.3 is 0 Å². The van der Waals surface area contributed by atoms with E-state index < -0.39 is 0 Å². The zero-order valence-electron chi connectivity index (χ0n) is 8.67. The van der Waals surface area contributed by atoms with Crippen LogP contribution < -0.4 is 0 Å². The lowest BCUT2D eigenvalue weighted by Gasteiger charge is -1.98. The van der Waals surface area contributed by atoms with Crippen molar-refractivity contribution in [2.24, 2.45) is 0 Å². The monoisotopic (exact) mass is 206 g/mol. The molecule has 2 heteroatoms. The van der Waals surface area contributed by atoms with E-state index in [-0.39, 0.29) is 0 Å². The molecule has 0 bridgehead atoms. The molecule has 0 saturated heterocycles. The van der Waals surface area contributed by atoms with Gasteiger partial charge in [0.25, 0.3) is 0 Å². The van der Waals surface area contributed by atoms with Crippen molar-refractivity contribution in [3.05, 3.63) is 66.0 Å². The first-order valence-corrected chi connectivity index (χ1v) is 4.97. The molecule has 0 amide bonds. The zero-order chi connectivity index (χ0) is 11.2. The summed E-state index contributed by atoms with van der Waals surface area (Å²) in [6.45, 7) is 0. The van der Waals surface area contributed by atoms with Crippen LogP contribution in [0.15, 0.2) is 54.9 Å². The number of aromatic nitrogens is 1. The van der Waals surface area contributed by atoms with E-state index in [2.05, 4.69) is 11.1 Å². The number of allylic oxidation sites excluding steroid dienone is 1. The molecular formula is C14H10N2. The first kappa shape index (κ1) is 10.1. The Morgan fingerprint density at radius 1 is 1.06 bits per heavy atom. The third kappa shape index (κ3) is 2.34. The molecule has 1 aromatic heterocycles. The van der Waals surface area contributed by atoms with Gasteiger partial charge in [-0.25, -0.2) is 0 Å². The minimum atomic E-state index is 0.647. The molecule has 1 aromatic carbocycles. The predicted octanol–water partition coefficient (Wildman–Crippen LogP) is 3.15. The van der Waals surface area contributed by atoms with Crippen molar-refractivity contribution < 1.29 is 0 Å². The number of nitrogens with zero attached hydrogens (tertiary/aromatic N) is 2. The molecule has 2 nitrogen and oxygen atoms in total. The summed E-state index contributed by atoms with van der Waals surface area (Å²) in [4.78, 5) is 3.93. The Hall–Kier alpha value is -2.40. The summed E-state index contributed by atoms with van der Waals surface area (Å²) in [5, 5.41) is 9.10. The second kappa shape index (κ2) is 4.90. The Morgan fingerprint density at radius 2 is 1.75 bits per heavy atom. The van der Waals surface area contributed by atoms with Crippen LogP contribution in [0.1, 0.15) is 11.1 Å². The molecule has 0 radical (unpaired) electrons. The molecular weight excluding hydrogens is 196 g/mol. The van der Waals surface area contributed by atoms with Crippen molar-refractivity contribution in [2.75, 3.05) is 0 Å². The molecule has 0 N–H and O–H groups in total. The van der Waals surface area contributed by atoms with Crippen molar-refractivity contribution in [1.82, 2.24) is 4.98 Å². The highest BCUT2D eigenvalue weighted by molar-refractivity contribution is 5.89. The lowest BCUT2D eigenvalue weighted by Crippen LogP contribution is -1.82. The van der Waals surface area contributed by atoms with Gasteiger partial charge in [0.2, 0.25) is 0 Å². The van der Waals surface area contributed by atoms with Crippen LogP contribution in [0, 0.1) is 11.3 Å². The average Bonchev–Trinajstić information content (AvgIpc) is 2.38. The average molecular weight is 206 g/mol. The number of nitriles is 1. The zero-order valence-corrected chi connectivity index (χ0v) is 8.67. The Bertz CT molecular complexity index is 522. The van der Waals surface area contributed by atoms with E-state index in [1.807, 2.05) is 48.5 Å². The van der Waals surface area contributed by atoms with Gasteiger partial charge in [0, 0.05) is 12.4 Å². The fraction of sp³-hybridized carbons (Fsp3) is 0. The number of hydrogen-bond acceptors (Lipinski definition) is 2. The second-order valence-electron chi connectivity index (χ2n) is 3.32. The summed E-state index contributed by atoms with van der Waals surface area (Å²) in [7, 11) is 0. The normalized spacial score (nSPS) is 10.8. The highest BCUT2D eigenvalue weighted by Gasteiger charge is 1.99. The molecule has 0 unspecified atom stereocenters. The summed E-state index contributed by atoms with van der Waals surface area (Å²) in [5.74, 6) is 0. The quantitative estimate of drug-likeness (QED) is 0.708. The molecule has 16 heavy (non-hydrogen) atoms. The third-order valence-electron chi connectivity index (χ3n) is 2.22. The van der Waals surface area contributed by atoms with Crippen LogP contribution >= 0.6 is 0 Å². The summed E-state index contributed by atoms with van der Waals surface area (Å²) in [5.41, 5.74) is 2.56. The summed E-state index contributed by atoms with van der Waals surface area (Å²) < 4.78 is 0. The third-order valence-corrected chi connectivity index (χ3v) is 2.22. The van der Waals surface area contributed by atoms with Crippen LogP contribution in [0.2, 0.25) is 0 Å². The van der Waals surface area contributed by atoms with Gasteiger partial charge in [0.1, 0.15) is 0 Å². The maximum absolute atomic E-state index is 9.10. The lowest BCUT2D eigenvalue weighted by atomic mass is 10.1. The topological polar surface area (TPSA) is 36.7 Å². The van der Waals surface area contributed by atoms with Crippen LogP contribution in [-0.4, -0.2) is 4.98 Å². The van der Waals surface area contributed by atoms with Crippen LogP contribution in [-0.2, 0) is 0 Å². The minimum Gasteiger partial charge on any atom is -0.265 e. The molecule has 0 aliphatic carbocycles. The van der Waals surface area contributed by atoms with Gasteiger partial charge < -0.3 is 0 Å². The van der Waals surface area contributed by atoms with E-state index in [0.717, 1.165) is 11.1 Å². The van der Waals surface area contributed by atoms with E-state index in [0.29, 0.717) is 5.57 Å². The SMILES string of the molecule is N#C/C(=C/c1ccccc1)c1ccncc1. The van der Waals surface area contributed by atoms with Gasteiger partial charge in [-0.15, -0.1) is 0 Å². The van der Waals surface area contributed by atoms with Gasteiger partial charge in [-0.05, 0) is 29.3 Å². The Balaban J connectivity index is 2.39. The molecule has 0 aliphatic rings. The van der Waals surface area contributed by atoms with Gasteiger partial charge in [0.05, 0.1) is 11.6 Å². The summed E-state index contributed by atoms with van der Waals surface area (Å²) >= 11 is 0. The van der Waals surface area contributed by atoms with Gasteiger partial charge in [0.15, 0.2) is 0 Å². The van der Waals surface area contributed by atoms with Crippen molar-refractivity contribution >= 4 is 11.6 Å². The van der Waals surface area contributed by atoms with Crippen LogP contribution in [0.5, 0.6) is 0 Å². The number of pyridine rings is 1. The molecule has 0 fully saturated rings. The number of hydrogen-bond donors (Lipinski definition) is 0. The predicted molar refractivity (Wildman–Crippen MR) is 64.2 cm³/mol. The molecule has 1 heterocycles. The smallest absolute Gasteiger partial charge is 0.0998 e. The van der Waals surface area contributed by atoms with Gasteiger partial charge in [-0.2, -0.15) is 5.26 Å². The van der Waals surface area contributed by atoms with E-state index in [1.54, 1.807) is 12.4 Å². The number of rotatable bonds is 2. The van der Waals surface area contributed by atoms with Crippen molar-refractivity contribution in [1.29, 1.82) is 5.26 Å². The Morgan fingerprint density at radius 3 is 2.38 bits per heavy atom. The molecule has 0 saturated carbocycles. The number of benzene rings is 1. The van der Waals surface area contributed by atoms with E-state index in [1.165, 1.54) is 0 Å². The Kier molecular flexibility index (Phi) is 3.10. The maximum atomic E-state index is 9.10. The van der Waals surface area contributed by atoms with Crippen LogP contribution in [0.4, 0.5) is 0 Å². The molecule has 0 atom stereocenters. The lowest BCUT2D eigenvalue weighted by molar-refractivity contribution is 1.32. The van der Waals surface area contributed by atoms with Crippen molar-refractivity contribution in [3.63, 3.8) is 0 Å². The molecule has 2 aromatic rings. The van der Waals surface area contributed by atoms with Crippen molar-refractivity contribution in [3.8, 4) is 6.07 Å². The van der Waals surface area contributed by atoms with Crippen LogP contribution in [0.3, 0.4) is 0 Å². The molecule has 2 rings (SSSR count). The second-order valence-corrected chi connectivity index (χ2v) is 3.32. The van der Waals surface area contributed by atoms with Crippen molar-refractivity contribution in [2.45, 2.75) is 0 Å². The molecule has 76 valence electrons. The maximum Gasteiger partial charge on any atom is 0.0998 e. The fourth-order valence-corrected chi connectivity index (χ4v) is 1.43.